The fourth-order valence-electron chi connectivity index (χ4n) is 4.04. The van der Waals surface area contributed by atoms with Gasteiger partial charge in [0.25, 0.3) is 0 Å². The minimum atomic E-state index is -0.601. The van der Waals surface area contributed by atoms with Gasteiger partial charge in [-0.25, -0.2) is 4.68 Å². The van der Waals surface area contributed by atoms with Gasteiger partial charge in [0.1, 0.15) is 5.82 Å². The molecule has 1 fully saturated rings. The first-order valence-electron chi connectivity index (χ1n) is 9.47. The van der Waals surface area contributed by atoms with Crippen LogP contribution < -0.4 is 5.32 Å². The summed E-state index contributed by atoms with van der Waals surface area (Å²) >= 11 is 7.75. The van der Waals surface area contributed by atoms with E-state index >= 15 is 0 Å². The van der Waals surface area contributed by atoms with Crippen molar-refractivity contribution < 1.29 is 9.59 Å². The zero-order chi connectivity index (χ0) is 19.8. The first kappa shape index (κ1) is 19.3. The maximum absolute atomic E-state index is 12.8. The Kier molecular flexibility index (Phi) is 5.38. The van der Waals surface area contributed by atoms with Crippen molar-refractivity contribution in [2.24, 2.45) is 11.8 Å². The van der Waals surface area contributed by atoms with Gasteiger partial charge in [-0.1, -0.05) is 25.4 Å². The van der Waals surface area contributed by atoms with Crippen molar-refractivity contribution in [1.82, 2.24) is 14.7 Å². The molecule has 0 radical (unpaired) electrons. The number of likely N-dealkylation sites (tertiary alicyclic amines) is 1. The monoisotopic (exact) mass is 418 g/mol. The van der Waals surface area contributed by atoms with Crippen LogP contribution in [0.1, 0.15) is 31.5 Å². The highest BCUT2D eigenvalue weighted by molar-refractivity contribution is 7.98. The Morgan fingerprint density at radius 3 is 2.50 bits per heavy atom. The molecule has 6 nitrogen and oxygen atoms in total. The van der Waals surface area contributed by atoms with Crippen LogP contribution in [0.25, 0.3) is 5.69 Å². The number of halogens is 1. The van der Waals surface area contributed by atoms with Crippen molar-refractivity contribution in [3.05, 3.63) is 40.5 Å². The number of rotatable bonds is 2. The number of amides is 2. The second kappa shape index (κ2) is 7.79. The first-order valence-corrected chi connectivity index (χ1v) is 11.0. The highest BCUT2D eigenvalue weighted by atomic mass is 35.5. The average molecular weight is 419 g/mol. The number of fused-ring (bicyclic) bond motifs is 1. The van der Waals surface area contributed by atoms with Gasteiger partial charge in [0.05, 0.1) is 11.4 Å². The van der Waals surface area contributed by atoms with Crippen LogP contribution in [0.3, 0.4) is 0 Å². The number of aromatic nitrogens is 2. The summed E-state index contributed by atoms with van der Waals surface area (Å²) in [6, 6.07) is 7.27. The Morgan fingerprint density at radius 1 is 1.14 bits per heavy atom. The van der Waals surface area contributed by atoms with Gasteiger partial charge in [-0.05, 0) is 42.5 Å². The molecule has 4 rings (SSSR count). The summed E-state index contributed by atoms with van der Waals surface area (Å²) in [7, 11) is 0. The summed E-state index contributed by atoms with van der Waals surface area (Å²) in [4.78, 5) is 27.2. The minimum Gasteiger partial charge on any atom is -0.334 e. The van der Waals surface area contributed by atoms with E-state index in [1.54, 1.807) is 33.5 Å². The predicted octanol–water partition coefficient (Wildman–Crippen LogP) is 3.72. The first-order chi connectivity index (χ1) is 13.4. The molecule has 2 aliphatic heterocycles. The molecule has 1 aromatic carbocycles. The molecule has 0 spiro atoms. The average Bonchev–Trinajstić information content (AvgIpc) is 3.23. The minimum absolute atomic E-state index is 0.403. The standard InChI is InChI=1S/C20H23ClN4O2S/c1-12-7-13(2)9-24(8-12)20(27)19(26)22-18-16-10-28-11-17(16)23-25(18)15-5-3-14(21)4-6-15/h3-6,12-13H,7-11H2,1-2H3,(H,22,26)/t12-,13+. The van der Waals surface area contributed by atoms with E-state index in [1.165, 1.54) is 0 Å². The van der Waals surface area contributed by atoms with Crippen molar-refractivity contribution >= 4 is 41.0 Å². The second-order valence-electron chi connectivity index (χ2n) is 7.77. The molecule has 0 unspecified atom stereocenters. The van der Waals surface area contributed by atoms with Crippen LogP contribution in [-0.4, -0.2) is 39.6 Å². The zero-order valence-corrected chi connectivity index (χ0v) is 17.5. The van der Waals surface area contributed by atoms with E-state index in [9.17, 15) is 9.59 Å². The van der Waals surface area contributed by atoms with Gasteiger partial charge in [-0.2, -0.15) is 16.9 Å². The molecule has 1 saturated heterocycles. The lowest BCUT2D eigenvalue weighted by atomic mass is 9.92. The van der Waals surface area contributed by atoms with Crippen LogP contribution >= 0.6 is 23.4 Å². The van der Waals surface area contributed by atoms with Crippen LogP contribution in [0.4, 0.5) is 5.82 Å². The maximum Gasteiger partial charge on any atom is 0.315 e. The Morgan fingerprint density at radius 2 is 1.82 bits per heavy atom. The largest absolute Gasteiger partial charge is 0.334 e. The Labute approximate surface area is 173 Å². The number of hydrogen-bond donors (Lipinski definition) is 1. The van der Waals surface area contributed by atoms with E-state index in [0.717, 1.165) is 34.9 Å². The van der Waals surface area contributed by atoms with Crippen molar-refractivity contribution in [3.8, 4) is 5.69 Å². The quantitative estimate of drug-likeness (QED) is 0.755. The summed E-state index contributed by atoms with van der Waals surface area (Å²) < 4.78 is 1.70. The molecule has 8 heteroatoms. The maximum atomic E-state index is 12.8. The molecule has 2 aromatic rings. The number of nitrogens with zero attached hydrogens (tertiary/aromatic N) is 3. The highest BCUT2D eigenvalue weighted by Gasteiger charge is 2.31. The lowest BCUT2D eigenvalue weighted by molar-refractivity contribution is -0.145. The summed E-state index contributed by atoms with van der Waals surface area (Å²) in [6.07, 6.45) is 1.08. The number of benzene rings is 1. The van der Waals surface area contributed by atoms with E-state index < -0.39 is 11.8 Å². The molecule has 0 saturated carbocycles. The molecular formula is C20H23ClN4O2S. The fraction of sp³-hybridized carbons (Fsp3) is 0.450. The lowest BCUT2D eigenvalue weighted by Gasteiger charge is -2.34. The molecule has 3 heterocycles. The number of nitrogens with one attached hydrogen (secondary N) is 1. The number of carbonyl (C=O) groups excluding carboxylic acids is 2. The molecule has 0 bridgehead atoms. The van der Waals surface area contributed by atoms with E-state index in [2.05, 4.69) is 24.3 Å². The number of carbonyl (C=O) groups is 2. The summed E-state index contributed by atoms with van der Waals surface area (Å²) in [5.74, 6) is 1.89. The normalized spacial score (nSPS) is 21.5. The van der Waals surface area contributed by atoms with Crippen LogP contribution in [-0.2, 0) is 21.1 Å². The van der Waals surface area contributed by atoms with Crippen LogP contribution in [0, 0.1) is 11.8 Å². The molecule has 0 aliphatic carbocycles. The van der Waals surface area contributed by atoms with Gasteiger partial charge in [-0.15, -0.1) is 0 Å². The lowest BCUT2D eigenvalue weighted by Crippen LogP contribution is -2.47. The zero-order valence-electron chi connectivity index (χ0n) is 15.9. The number of anilines is 1. The van der Waals surface area contributed by atoms with Gasteiger partial charge in [0, 0.05) is 35.2 Å². The Bertz CT molecular complexity index is 902. The molecule has 148 valence electrons. The summed E-state index contributed by atoms with van der Waals surface area (Å²) in [5.41, 5.74) is 2.73. The highest BCUT2D eigenvalue weighted by Crippen LogP contribution is 2.36. The van der Waals surface area contributed by atoms with Crippen LogP contribution in [0.15, 0.2) is 24.3 Å². The van der Waals surface area contributed by atoms with Gasteiger partial charge in [-0.3, -0.25) is 9.59 Å². The van der Waals surface area contributed by atoms with E-state index in [-0.39, 0.29) is 0 Å². The van der Waals surface area contributed by atoms with Gasteiger partial charge < -0.3 is 10.2 Å². The van der Waals surface area contributed by atoms with Gasteiger partial charge in [0.15, 0.2) is 0 Å². The number of hydrogen-bond acceptors (Lipinski definition) is 4. The molecule has 2 amide bonds. The topological polar surface area (TPSA) is 67.2 Å². The fourth-order valence-corrected chi connectivity index (χ4v) is 5.20. The molecule has 28 heavy (non-hydrogen) atoms. The third-order valence-electron chi connectivity index (χ3n) is 5.21. The number of piperidine rings is 1. The van der Waals surface area contributed by atoms with Crippen molar-refractivity contribution in [3.63, 3.8) is 0 Å². The van der Waals surface area contributed by atoms with E-state index in [4.69, 9.17) is 11.6 Å². The molecule has 2 atom stereocenters. The predicted molar refractivity (Wildman–Crippen MR) is 112 cm³/mol. The molecule has 1 N–H and O–H groups in total. The van der Waals surface area contributed by atoms with Crippen molar-refractivity contribution in [2.75, 3.05) is 18.4 Å². The second-order valence-corrected chi connectivity index (χ2v) is 9.19. The van der Waals surface area contributed by atoms with Gasteiger partial charge >= 0.3 is 11.8 Å². The Hall–Kier alpha value is -1.99. The van der Waals surface area contributed by atoms with E-state index in [0.29, 0.717) is 35.8 Å². The van der Waals surface area contributed by atoms with Crippen LogP contribution in [0.5, 0.6) is 0 Å². The van der Waals surface area contributed by atoms with Crippen molar-refractivity contribution in [1.29, 1.82) is 0 Å². The molecule has 2 aliphatic rings. The summed E-state index contributed by atoms with van der Waals surface area (Å²) in [5, 5.41) is 8.14. The summed E-state index contributed by atoms with van der Waals surface area (Å²) in [6.45, 7) is 5.49. The van der Waals surface area contributed by atoms with Crippen molar-refractivity contribution in [2.45, 2.75) is 31.8 Å². The number of thioether (sulfide) groups is 1. The smallest absolute Gasteiger partial charge is 0.315 e. The SMILES string of the molecule is C[C@@H]1C[C@H](C)CN(C(=O)C(=O)Nc2c3c(nn2-c2ccc(Cl)cc2)CSC3)C1. The third-order valence-corrected chi connectivity index (χ3v) is 6.43. The van der Waals surface area contributed by atoms with E-state index in [1.807, 2.05) is 12.1 Å². The van der Waals surface area contributed by atoms with Gasteiger partial charge in [0.2, 0.25) is 0 Å². The third kappa shape index (κ3) is 3.78. The molecule has 1 aromatic heterocycles. The Balaban J connectivity index is 1.59. The van der Waals surface area contributed by atoms with Crippen LogP contribution in [0.2, 0.25) is 5.02 Å². The molecular weight excluding hydrogens is 396 g/mol.